The SMILES string of the molecule is CCCC(OC(=O)c1cc(-c2ccc(N3C(=O)C4C5CC(C(Br)C5Br)C4C3=O)cc2)nc2c(C)cccc12)C(=O)c1ccccc1. The predicted octanol–water partition coefficient (Wildman–Crippen LogP) is 7.70. The predicted molar refractivity (Wildman–Crippen MR) is 183 cm³/mol. The van der Waals surface area contributed by atoms with Crippen LogP contribution in [0, 0.1) is 30.6 Å². The van der Waals surface area contributed by atoms with Crippen molar-refractivity contribution in [1.29, 1.82) is 0 Å². The summed E-state index contributed by atoms with van der Waals surface area (Å²) in [6, 6.07) is 23.4. The molecule has 2 heterocycles. The molecule has 1 saturated heterocycles. The number of imide groups is 1. The molecular formula is C37H32Br2N2O5. The van der Waals surface area contributed by atoms with E-state index in [1.165, 1.54) is 4.90 Å². The van der Waals surface area contributed by atoms with Crippen molar-refractivity contribution in [3.05, 3.63) is 95.6 Å². The molecule has 7 rings (SSSR count). The fourth-order valence-corrected chi connectivity index (χ4v) is 9.45. The summed E-state index contributed by atoms with van der Waals surface area (Å²) < 4.78 is 5.91. The first-order valence-corrected chi connectivity index (χ1v) is 17.5. The molecule has 1 aliphatic heterocycles. The molecule has 46 heavy (non-hydrogen) atoms. The highest BCUT2D eigenvalue weighted by molar-refractivity contribution is 9.12. The Bertz CT molecular complexity index is 1850. The molecule has 7 atom stereocenters. The standard InChI is InChI=1S/C37H32Br2N2O5/c1-3-8-28(34(42)21-10-5-4-6-11-21)46-37(45)24-18-27(40-33-19(2)9-7-12-23(24)33)20-13-15-22(16-14-20)41-35(43)29-25-17-26(30(29)36(41)44)32(39)31(25)38/h4-7,9-16,18,25-26,28-32H,3,8,17H2,1-2H3. The van der Waals surface area contributed by atoms with E-state index in [4.69, 9.17) is 9.72 Å². The second kappa shape index (κ2) is 12.2. The Kier molecular flexibility index (Phi) is 8.18. The lowest BCUT2D eigenvalue weighted by Gasteiger charge is -2.28. The van der Waals surface area contributed by atoms with Crippen LogP contribution in [0.15, 0.2) is 78.9 Å². The Morgan fingerprint density at radius 3 is 2.20 bits per heavy atom. The first kappa shape index (κ1) is 30.9. The third-order valence-corrected chi connectivity index (χ3v) is 13.0. The average Bonchev–Trinajstić information content (AvgIpc) is 3.69. The quantitative estimate of drug-likeness (QED) is 0.0795. The second-order valence-corrected chi connectivity index (χ2v) is 14.6. The van der Waals surface area contributed by atoms with Crippen molar-refractivity contribution >= 4 is 72.0 Å². The van der Waals surface area contributed by atoms with E-state index in [2.05, 4.69) is 31.9 Å². The molecule has 2 amide bonds. The fourth-order valence-electron chi connectivity index (χ4n) is 7.58. The summed E-state index contributed by atoms with van der Waals surface area (Å²) in [5.41, 5.74) is 4.14. The van der Waals surface area contributed by atoms with Crippen molar-refractivity contribution in [3.8, 4) is 11.3 Å². The van der Waals surface area contributed by atoms with Gasteiger partial charge in [0.2, 0.25) is 17.6 Å². The van der Waals surface area contributed by atoms with E-state index in [9.17, 15) is 19.2 Å². The number of alkyl halides is 2. The first-order valence-electron chi connectivity index (χ1n) is 15.7. The second-order valence-electron chi connectivity index (χ2n) is 12.5. The van der Waals surface area contributed by atoms with Gasteiger partial charge >= 0.3 is 5.97 Å². The lowest BCUT2D eigenvalue weighted by Crippen LogP contribution is -2.37. The minimum Gasteiger partial charge on any atom is -0.450 e. The van der Waals surface area contributed by atoms with Crippen LogP contribution in [0.1, 0.15) is 52.5 Å². The number of ether oxygens (including phenoxy) is 1. The van der Waals surface area contributed by atoms with Crippen LogP contribution in [-0.2, 0) is 14.3 Å². The van der Waals surface area contributed by atoms with Gasteiger partial charge in [0.25, 0.3) is 0 Å². The number of aryl methyl sites for hydroxylation is 1. The molecule has 3 aromatic carbocycles. The van der Waals surface area contributed by atoms with E-state index in [1.807, 2.05) is 50.2 Å². The zero-order valence-electron chi connectivity index (χ0n) is 25.4. The van der Waals surface area contributed by atoms with E-state index in [0.29, 0.717) is 51.8 Å². The lowest BCUT2D eigenvalue weighted by atomic mass is 9.81. The van der Waals surface area contributed by atoms with Gasteiger partial charge in [0, 0.05) is 26.2 Å². The van der Waals surface area contributed by atoms with E-state index >= 15 is 0 Å². The van der Waals surface area contributed by atoms with Crippen molar-refractivity contribution in [2.75, 3.05) is 4.90 Å². The maximum absolute atomic E-state index is 13.8. The number of esters is 1. The molecule has 2 saturated carbocycles. The first-order chi connectivity index (χ1) is 22.2. The Morgan fingerprint density at radius 1 is 0.913 bits per heavy atom. The van der Waals surface area contributed by atoms with Gasteiger partial charge in [-0.25, -0.2) is 9.78 Å². The molecular weight excluding hydrogens is 712 g/mol. The molecule has 2 bridgehead atoms. The summed E-state index contributed by atoms with van der Waals surface area (Å²) in [5.74, 6) is -1.39. The average molecular weight is 744 g/mol. The Labute approximate surface area is 284 Å². The smallest absolute Gasteiger partial charge is 0.339 e. The van der Waals surface area contributed by atoms with E-state index in [1.54, 1.807) is 42.5 Å². The molecule has 0 spiro atoms. The number of Topliss-reactive ketones (excluding diaryl/α,β-unsaturated/α-hetero) is 1. The summed E-state index contributed by atoms with van der Waals surface area (Å²) in [4.78, 5) is 60.8. The molecule has 2 aliphatic carbocycles. The fraction of sp³-hybridized carbons (Fsp3) is 0.324. The number of carbonyl (C=O) groups excluding carboxylic acids is 4. The van der Waals surface area contributed by atoms with E-state index in [0.717, 1.165) is 12.0 Å². The zero-order valence-corrected chi connectivity index (χ0v) is 28.5. The maximum Gasteiger partial charge on any atom is 0.339 e. The molecule has 3 aliphatic rings. The Morgan fingerprint density at radius 2 is 1.57 bits per heavy atom. The third kappa shape index (κ3) is 5.03. The van der Waals surface area contributed by atoms with Gasteiger partial charge in [-0.05, 0) is 55.4 Å². The number of aromatic nitrogens is 1. The summed E-state index contributed by atoms with van der Waals surface area (Å²) in [6.45, 7) is 3.88. The van der Waals surface area contributed by atoms with Crippen LogP contribution in [0.3, 0.4) is 0 Å². The zero-order chi connectivity index (χ0) is 32.3. The summed E-state index contributed by atoms with van der Waals surface area (Å²) in [6.07, 6.45) is 1.03. The van der Waals surface area contributed by atoms with Gasteiger partial charge in [-0.1, -0.05) is 106 Å². The molecule has 9 heteroatoms. The number of carbonyl (C=O) groups is 4. The van der Waals surface area contributed by atoms with Crippen molar-refractivity contribution in [2.24, 2.45) is 23.7 Å². The van der Waals surface area contributed by atoms with Gasteiger partial charge in [0.05, 0.1) is 34.3 Å². The number of ketones is 1. The number of hydrogen-bond donors (Lipinski definition) is 0. The number of hydrogen-bond acceptors (Lipinski definition) is 6. The highest BCUT2D eigenvalue weighted by Gasteiger charge is 2.66. The van der Waals surface area contributed by atoms with Gasteiger partial charge in [-0.15, -0.1) is 0 Å². The van der Waals surface area contributed by atoms with Gasteiger partial charge in [0.1, 0.15) is 0 Å². The summed E-state index contributed by atoms with van der Waals surface area (Å²) in [7, 11) is 0. The molecule has 0 N–H and O–H groups in total. The molecule has 4 aromatic rings. The lowest BCUT2D eigenvalue weighted by molar-refractivity contribution is -0.123. The normalized spacial score (nSPS) is 25.6. The Balaban J connectivity index is 1.20. The molecule has 234 valence electrons. The highest BCUT2D eigenvalue weighted by Crippen LogP contribution is 2.60. The number of amides is 2. The minimum atomic E-state index is -0.916. The van der Waals surface area contributed by atoms with Gasteiger partial charge < -0.3 is 4.74 Å². The van der Waals surface area contributed by atoms with Crippen molar-refractivity contribution < 1.29 is 23.9 Å². The van der Waals surface area contributed by atoms with Crippen LogP contribution < -0.4 is 4.90 Å². The number of para-hydroxylation sites is 1. The van der Waals surface area contributed by atoms with E-state index in [-0.39, 0.29) is 50.9 Å². The maximum atomic E-state index is 13.8. The molecule has 3 fully saturated rings. The number of halogens is 2. The molecule has 1 aromatic heterocycles. The van der Waals surface area contributed by atoms with E-state index < -0.39 is 12.1 Å². The number of anilines is 1. The minimum absolute atomic E-state index is 0.129. The number of nitrogens with zero attached hydrogens (tertiary/aromatic N) is 2. The van der Waals surface area contributed by atoms with Gasteiger partial charge in [-0.2, -0.15) is 0 Å². The van der Waals surface area contributed by atoms with Crippen LogP contribution >= 0.6 is 31.9 Å². The largest absolute Gasteiger partial charge is 0.450 e. The van der Waals surface area contributed by atoms with Gasteiger partial charge in [0.15, 0.2) is 6.10 Å². The molecule has 0 radical (unpaired) electrons. The number of rotatable bonds is 8. The summed E-state index contributed by atoms with van der Waals surface area (Å²) >= 11 is 7.49. The summed E-state index contributed by atoms with van der Waals surface area (Å²) in [5, 5.41) is 0.636. The number of fused-ring (bicyclic) bond motifs is 6. The van der Waals surface area contributed by atoms with Gasteiger partial charge in [-0.3, -0.25) is 19.3 Å². The van der Waals surface area contributed by atoms with Crippen LogP contribution in [0.5, 0.6) is 0 Å². The monoisotopic (exact) mass is 742 g/mol. The van der Waals surface area contributed by atoms with Crippen LogP contribution in [0.25, 0.3) is 22.2 Å². The number of pyridine rings is 1. The molecule has 7 nitrogen and oxygen atoms in total. The van der Waals surface area contributed by atoms with Crippen molar-refractivity contribution in [2.45, 2.75) is 48.9 Å². The Hall–Kier alpha value is -3.69. The third-order valence-electron chi connectivity index (χ3n) is 9.82. The van der Waals surface area contributed by atoms with Crippen LogP contribution in [-0.4, -0.2) is 44.3 Å². The molecule has 7 unspecified atom stereocenters. The van der Waals surface area contributed by atoms with Crippen molar-refractivity contribution in [3.63, 3.8) is 0 Å². The van der Waals surface area contributed by atoms with Crippen LogP contribution in [0.4, 0.5) is 5.69 Å². The highest BCUT2D eigenvalue weighted by atomic mass is 79.9. The van der Waals surface area contributed by atoms with Crippen LogP contribution in [0.2, 0.25) is 0 Å². The number of benzene rings is 3. The topological polar surface area (TPSA) is 93.6 Å². The van der Waals surface area contributed by atoms with Crippen molar-refractivity contribution in [1.82, 2.24) is 4.98 Å².